The first kappa shape index (κ1) is 16.5. The maximum atomic E-state index is 12.1. The number of hydrogen-bond acceptors (Lipinski definition) is 4. The molecule has 0 radical (unpaired) electrons. The number of amides is 1. The van der Waals surface area contributed by atoms with Crippen molar-refractivity contribution >= 4 is 23.4 Å². The second-order valence-electron chi connectivity index (χ2n) is 4.02. The van der Waals surface area contributed by atoms with Gasteiger partial charge in [-0.25, -0.2) is 0 Å². The SMILES string of the molecule is CSCCN(C)C(=O)c1ccc(OC(F)(F)F)c(N)c1. The molecule has 8 heteroatoms. The summed E-state index contributed by atoms with van der Waals surface area (Å²) in [7, 11) is 1.62. The molecule has 0 aliphatic rings. The van der Waals surface area contributed by atoms with Gasteiger partial charge in [-0.05, 0) is 24.5 Å². The van der Waals surface area contributed by atoms with Crippen molar-refractivity contribution in [2.75, 3.05) is 31.3 Å². The Hall–Kier alpha value is -1.57. The highest BCUT2D eigenvalue weighted by Gasteiger charge is 2.32. The van der Waals surface area contributed by atoms with Crippen LogP contribution in [0.25, 0.3) is 0 Å². The molecule has 1 rings (SSSR count). The molecule has 0 bridgehead atoms. The zero-order valence-electron chi connectivity index (χ0n) is 11.0. The average Bonchev–Trinajstić information content (AvgIpc) is 2.36. The molecule has 0 atom stereocenters. The Kier molecular flexibility index (Phi) is 5.55. The van der Waals surface area contributed by atoms with Crippen molar-refractivity contribution in [2.24, 2.45) is 0 Å². The van der Waals surface area contributed by atoms with Crippen molar-refractivity contribution in [3.63, 3.8) is 0 Å². The second-order valence-corrected chi connectivity index (χ2v) is 5.01. The molecular weight excluding hydrogens is 293 g/mol. The minimum absolute atomic E-state index is 0.223. The van der Waals surface area contributed by atoms with Crippen LogP contribution in [0.1, 0.15) is 10.4 Å². The van der Waals surface area contributed by atoms with E-state index < -0.39 is 12.1 Å². The van der Waals surface area contributed by atoms with Crippen LogP contribution in [0, 0.1) is 0 Å². The number of hydrogen-bond donors (Lipinski definition) is 1. The molecule has 0 unspecified atom stereocenters. The Morgan fingerprint density at radius 3 is 2.60 bits per heavy atom. The first-order chi connectivity index (χ1) is 9.24. The number of nitrogens with zero attached hydrogens (tertiary/aromatic N) is 1. The lowest BCUT2D eigenvalue weighted by Crippen LogP contribution is -2.29. The summed E-state index contributed by atoms with van der Waals surface area (Å²) < 4.78 is 40.0. The highest BCUT2D eigenvalue weighted by Crippen LogP contribution is 2.29. The molecule has 20 heavy (non-hydrogen) atoms. The van der Waals surface area contributed by atoms with Gasteiger partial charge in [-0.15, -0.1) is 13.2 Å². The summed E-state index contributed by atoms with van der Waals surface area (Å²) in [5.41, 5.74) is 5.46. The van der Waals surface area contributed by atoms with E-state index in [2.05, 4.69) is 4.74 Å². The molecule has 0 aliphatic carbocycles. The van der Waals surface area contributed by atoms with Crippen LogP contribution in [0.3, 0.4) is 0 Å². The summed E-state index contributed by atoms with van der Waals surface area (Å²) in [4.78, 5) is 13.5. The molecule has 0 spiro atoms. The number of nitrogen functional groups attached to an aromatic ring is 1. The molecule has 2 N–H and O–H groups in total. The van der Waals surface area contributed by atoms with Gasteiger partial charge in [-0.1, -0.05) is 0 Å². The third kappa shape index (κ3) is 4.84. The fraction of sp³-hybridized carbons (Fsp3) is 0.417. The zero-order chi connectivity index (χ0) is 15.3. The molecule has 0 saturated carbocycles. The number of carbonyl (C=O) groups is 1. The number of alkyl halides is 3. The minimum Gasteiger partial charge on any atom is -0.404 e. The summed E-state index contributed by atoms with van der Waals surface area (Å²) in [5.74, 6) is -0.0439. The Labute approximate surface area is 119 Å². The quantitative estimate of drug-likeness (QED) is 0.850. The molecule has 1 amide bonds. The van der Waals surface area contributed by atoms with E-state index >= 15 is 0 Å². The van der Waals surface area contributed by atoms with Crippen LogP contribution in [0.15, 0.2) is 18.2 Å². The maximum Gasteiger partial charge on any atom is 0.573 e. The molecule has 112 valence electrons. The predicted molar refractivity (Wildman–Crippen MR) is 72.9 cm³/mol. The Morgan fingerprint density at radius 2 is 2.10 bits per heavy atom. The largest absolute Gasteiger partial charge is 0.573 e. The van der Waals surface area contributed by atoms with Gasteiger partial charge >= 0.3 is 6.36 Å². The maximum absolute atomic E-state index is 12.1. The van der Waals surface area contributed by atoms with Crippen LogP contribution < -0.4 is 10.5 Å². The summed E-state index contributed by atoms with van der Waals surface area (Å²) in [6, 6.07) is 3.48. The molecule has 1 aromatic rings. The van der Waals surface area contributed by atoms with Crippen LogP contribution in [0.2, 0.25) is 0 Å². The number of anilines is 1. The van der Waals surface area contributed by atoms with Gasteiger partial charge in [-0.2, -0.15) is 11.8 Å². The molecule has 0 saturated heterocycles. The van der Waals surface area contributed by atoms with Crippen molar-refractivity contribution in [2.45, 2.75) is 6.36 Å². The van der Waals surface area contributed by atoms with Gasteiger partial charge < -0.3 is 15.4 Å². The van der Waals surface area contributed by atoms with Crippen molar-refractivity contribution in [1.29, 1.82) is 0 Å². The van der Waals surface area contributed by atoms with Gasteiger partial charge in [0.15, 0.2) is 5.75 Å². The number of thioether (sulfide) groups is 1. The monoisotopic (exact) mass is 308 g/mol. The standard InChI is InChI=1S/C12H15F3N2O2S/c1-17(5-6-20-2)11(18)8-3-4-10(9(16)7-8)19-12(13,14)15/h3-4,7H,5-6,16H2,1-2H3. The third-order valence-corrected chi connectivity index (χ3v) is 3.05. The fourth-order valence-corrected chi connectivity index (χ4v) is 1.91. The van der Waals surface area contributed by atoms with Gasteiger partial charge in [0.2, 0.25) is 0 Å². The fourth-order valence-electron chi connectivity index (χ4n) is 1.45. The van der Waals surface area contributed by atoms with Crippen LogP contribution in [0.4, 0.5) is 18.9 Å². The Bertz CT molecular complexity index is 480. The number of rotatable bonds is 5. The summed E-state index contributed by atoms with van der Waals surface area (Å²) in [6.07, 6.45) is -2.89. The number of ether oxygens (including phenoxy) is 1. The lowest BCUT2D eigenvalue weighted by molar-refractivity contribution is -0.274. The van der Waals surface area contributed by atoms with Gasteiger partial charge in [0.1, 0.15) is 0 Å². The molecule has 0 aromatic heterocycles. The van der Waals surface area contributed by atoms with E-state index in [9.17, 15) is 18.0 Å². The molecule has 4 nitrogen and oxygen atoms in total. The summed E-state index contributed by atoms with van der Waals surface area (Å²) in [6.45, 7) is 0.542. The van der Waals surface area contributed by atoms with Crippen molar-refractivity contribution < 1.29 is 22.7 Å². The van der Waals surface area contributed by atoms with Gasteiger partial charge in [0.05, 0.1) is 5.69 Å². The Morgan fingerprint density at radius 1 is 1.45 bits per heavy atom. The lowest BCUT2D eigenvalue weighted by atomic mass is 10.1. The van der Waals surface area contributed by atoms with Gasteiger partial charge in [-0.3, -0.25) is 4.79 Å². The number of nitrogens with two attached hydrogens (primary N) is 1. The van der Waals surface area contributed by atoms with E-state index in [1.54, 1.807) is 18.8 Å². The van der Waals surface area contributed by atoms with Gasteiger partial charge in [0, 0.05) is 24.9 Å². The second kappa shape index (κ2) is 6.74. The van der Waals surface area contributed by atoms with Crippen LogP contribution in [0.5, 0.6) is 5.75 Å². The van der Waals surface area contributed by atoms with E-state index in [1.807, 2.05) is 6.26 Å². The van der Waals surface area contributed by atoms with E-state index in [0.29, 0.717) is 6.54 Å². The topological polar surface area (TPSA) is 55.6 Å². The number of carbonyl (C=O) groups excluding carboxylic acids is 1. The third-order valence-electron chi connectivity index (χ3n) is 2.46. The summed E-state index contributed by atoms with van der Waals surface area (Å²) >= 11 is 1.59. The highest BCUT2D eigenvalue weighted by molar-refractivity contribution is 7.98. The Balaban J connectivity index is 2.84. The molecule has 0 fully saturated rings. The lowest BCUT2D eigenvalue weighted by Gasteiger charge is -2.17. The smallest absolute Gasteiger partial charge is 0.404 e. The van der Waals surface area contributed by atoms with Crippen molar-refractivity contribution in [3.8, 4) is 5.75 Å². The molecule has 1 aromatic carbocycles. The van der Waals surface area contributed by atoms with Crippen LogP contribution in [-0.4, -0.2) is 42.8 Å². The van der Waals surface area contributed by atoms with Crippen LogP contribution in [-0.2, 0) is 0 Å². The first-order valence-corrected chi connectivity index (χ1v) is 7.03. The molecular formula is C12H15F3N2O2S. The number of benzene rings is 1. The van der Waals surface area contributed by atoms with E-state index in [4.69, 9.17) is 5.73 Å². The molecule has 0 heterocycles. The van der Waals surface area contributed by atoms with Crippen LogP contribution >= 0.6 is 11.8 Å². The highest BCUT2D eigenvalue weighted by atomic mass is 32.2. The number of halogens is 3. The minimum atomic E-state index is -4.81. The zero-order valence-corrected chi connectivity index (χ0v) is 11.8. The molecule has 0 aliphatic heterocycles. The van der Waals surface area contributed by atoms with E-state index in [0.717, 1.165) is 11.8 Å². The van der Waals surface area contributed by atoms with E-state index in [1.165, 1.54) is 17.0 Å². The van der Waals surface area contributed by atoms with Crippen molar-refractivity contribution in [3.05, 3.63) is 23.8 Å². The predicted octanol–water partition coefficient (Wildman–Crippen LogP) is 2.60. The van der Waals surface area contributed by atoms with E-state index in [-0.39, 0.29) is 17.2 Å². The normalized spacial score (nSPS) is 11.2. The first-order valence-electron chi connectivity index (χ1n) is 5.64. The van der Waals surface area contributed by atoms with Crippen molar-refractivity contribution in [1.82, 2.24) is 4.90 Å². The summed E-state index contributed by atoms with van der Waals surface area (Å²) in [5, 5.41) is 0. The average molecular weight is 308 g/mol. The van der Waals surface area contributed by atoms with Gasteiger partial charge in [0.25, 0.3) is 5.91 Å².